The second-order valence-corrected chi connectivity index (χ2v) is 5.27. The van der Waals surface area contributed by atoms with E-state index >= 15 is 0 Å². The molecule has 5 nitrogen and oxygen atoms in total. The largest absolute Gasteiger partial charge is 0.478 e. The number of carboxylic acids is 1. The normalized spacial score (nSPS) is 16.7. The summed E-state index contributed by atoms with van der Waals surface area (Å²) in [4.78, 5) is 24.0. The van der Waals surface area contributed by atoms with Gasteiger partial charge in [0, 0.05) is 19.8 Å². The molecular formula is C18H20O5. The fourth-order valence-corrected chi connectivity index (χ4v) is 2.73. The van der Waals surface area contributed by atoms with Crippen LogP contribution in [0.15, 0.2) is 53.6 Å². The average molecular weight is 316 g/mol. The number of hydrogen-bond acceptors (Lipinski definition) is 4. The molecule has 0 amide bonds. The number of methoxy groups -OCH3 is 2. The number of aliphatic carboxylic acids is 1. The Morgan fingerprint density at radius 2 is 1.74 bits per heavy atom. The molecule has 1 aromatic rings. The zero-order valence-corrected chi connectivity index (χ0v) is 13.2. The van der Waals surface area contributed by atoms with Crippen molar-refractivity contribution in [2.45, 2.75) is 25.0 Å². The maximum atomic E-state index is 12.6. The first-order valence-electron chi connectivity index (χ1n) is 7.39. The van der Waals surface area contributed by atoms with Gasteiger partial charge in [-0.25, -0.2) is 4.79 Å². The van der Waals surface area contributed by atoms with E-state index in [0.717, 1.165) is 12.8 Å². The number of ether oxygens (including phenoxy) is 2. The molecule has 5 heteroatoms. The SMILES string of the molecule is COC1(OC)C(=O)C(CCCc2ccccc2)=CC=C1C(=O)O. The van der Waals surface area contributed by atoms with Crippen molar-refractivity contribution < 1.29 is 24.2 Å². The number of carboxylic acid groups (broad SMARTS) is 1. The van der Waals surface area contributed by atoms with Crippen LogP contribution < -0.4 is 0 Å². The molecule has 0 bridgehead atoms. The molecule has 0 saturated heterocycles. The van der Waals surface area contributed by atoms with E-state index in [9.17, 15) is 14.7 Å². The summed E-state index contributed by atoms with van der Waals surface area (Å²) < 4.78 is 10.3. The van der Waals surface area contributed by atoms with E-state index in [1.807, 2.05) is 30.3 Å². The van der Waals surface area contributed by atoms with E-state index in [1.54, 1.807) is 6.08 Å². The Hall–Kier alpha value is -2.24. The Morgan fingerprint density at radius 3 is 2.30 bits per heavy atom. The third-order valence-corrected chi connectivity index (χ3v) is 3.96. The molecule has 0 atom stereocenters. The van der Waals surface area contributed by atoms with Gasteiger partial charge < -0.3 is 14.6 Å². The van der Waals surface area contributed by atoms with Crippen LogP contribution in [0, 0.1) is 0 Å². The summed E-state index contributed by atoms with van der Waals surface area (Å²) in [7, 11) is 2.54. The standard InChI is InChI=1S/C18H20O5/c1-22-18(23-2)15(17(20)21)12-11-14(16(18)19)10-6-9-13-7-4-3-5-8-13/h3-5,7-8,11-12H,6,9-10H2,1-2H3,(H,20,21). The molecule has 0 saturated carbocycles. The lowest BCUT2D eigenvalue weighted by atomic mass is 9.87. The summed E-state index contributed by atoms with van der Waals surface area (Å²) in [6.45, 7) is 0. The molecule has 0 fully saturated rings. The molecule has 1 aromatic carbocycles. The topological polar surface area (TPSA) is 72.8 Å². The van der Waals surface area contributed by atoms with Crippen LogP contribution in [0.4, 0.5) is 0 Å². The summed E-state index contributed by atoms with van der Waals surface area (Å²) in [6.07, 6.45) is 5.09. The van der Waals surface area contributed by atoms with Gasteiger partial charge >= 0.3 is 5.97 Å². The van der Waals surface area contributed by atoms with Gasteiger partial charge in [-0.3, -0.25) is 4.79 Å². The maximum absolute atomic E-state index is 12.6. The van der Waals surface area contributed by atoms with Gasteiger partial charge in [-0.1, -0.05) is 36.4 Å². The molecule has 1 aliphatic rings. The summed E-state index contributed by atoms with van der Waals surface area (Å²) >= 11 is 0. The first-order valence-corrected chi connectivity index (χ1v) is 7.39. The predicted molar refractivity (Wildman–Crippen MR) is 84.9 cm³/mol. The van der Waals surface area contributed by atoms with Gasteiger partial charge in [-0.15, -0.1) is 0 Å². The van der Waals surface area contributed by atoms with Crippen LogP contribution in [0.25, 0.3) is 0 Å². The predicted octanol–water partition coefficient (Wildman–Crippen LogP) is 2.52. The van der Waals surface area contributed by atoms with Crippen LogP contribution in [0.3, 0.4) is 0 Å². The zero-order chi connectivity index (χ0) is 16.9. The van der Waals surface area contributed by atoms with Crippen LogP contribution in [-0.2, 0) is 25.5 Å². The monoisotopic (exact) mass is 316 g/mol. The van der Waals surface area contributed by atoms with Crippen molar-refractivity contribution in [2.24, 2.45) is 0 Å². The highest BCUT2D eigenvalue weighted by molar-refractivity contribution is 6.10. The highest BCUT2D eigenvalue weighted by Gasteiger charge is 2.48. The Morgan fingerprint density at radius 1 is 1.09 bits per heavy atom. The van der Waals surface area contributed by atoms with Crippen molar-refractivity contribution in [3.63, 3.8) is 0 Å². The fourth-order valence-electron chi connectivity index (χ4n) is 2.73. The summed E-state index contributed by atoms with van der Waals surface area (Å²) in [5, 5.41) is 9.26. The van der Waals surface area contributed by atoms with E-state index in [2.05, 4.69) is 0 Å². The Labute approximate surface area is 135 Å². The molecule has 23 heavy (non-hydrogen) atoms. The number of aryl methyl sites for hydroxylation is 1. The van der Waals surface area contributed by atoms with Gasteiger partial charge in [0.15, 0.2) is 0 Å². The minimum atomic E-state index is -1.86. The smallest absolute Gasteiger partial charge is 0.337 e. The van der Waals surface area contributed by atoms with Crippen molar-refractivity contribution in [1.82, 2.24) is 0 Å². The number of Topliss-reactive ketones (excluding diaryl/α,β-unsaturated/α-hetero) is 1. The first-order chi connectivity index (χ1) is 11.0. The molecular weight excluding hydrogens is 296 g/mol. The molecule has 0 aromatic heterocycles. The lowest BCUT2D eigenvalue weighted by molar-refractivity contribution is -0.191. The number of carbonyl (C=O) groups is 2. The number of ketones is 1. The van der Waals surface area contributed by atoms with E-state index in [-0.39, 0.29) is 5.57 Å². The minimum absolute atomic E-state index is 0.209. The minimum Gasteiger partial charge on any atom is -0.478 e. The number of benzene rings is 1. The zero-order valence-electron chi connectivity index (χ0n) is 13.2. The Bertz CT molecular complexity index is 639. The number of carbonyl (C=O) groups excluding carboxylic acids is 1. The molecule has 0 radical (unpaired) electrons. The van der Waals surface area contributed by atoms with Crippen molar-refractivity contribution in [3.05, 3.63) is 59.2 Å². The number of rotatable bonds is 7. The average Bonchev–Trinajstić information content (AvgIpc) is 2.57. The van der Waals surface area contributed by atoms with Gasteiger partial charge in [-0.05, 0) is 30.9 Å². The third-order valence-electron chi connectivity index (χ3n) is 3.96. The summed E-state index contributed by atoms with van der Waals surface area (Å²) in [6, 6.07) is 9.98. The van der Waals surface area contributed by atoms with Crippen molar-refractivity contribution in [1.29, 1.82) is 0 Å². The van der Waals surface area contributed by atoms with Crippen LogP contribution in [0.1, 0.15) is 18.4 Å². The number of hydrogen-bond donors (Lipinski definition) is 1. The second-order valence-electron chi connectivity index (χ2n) is 5.27. The second kappa shape index (κ2) is 7.35. The van der Waals surface area contributed by atoms with E-state index < -0.39 is 17.5 Å². The Kier molecular flexibility index (Phi) is 5.47. The van der Waals surface area contributed by atoms with Crippen LogP contribution in [0.5, 0.6) is 0 Å². The van der Waals surface area contributed by atoms with Crippen molar-refractivity contribution in [2.75, 3.05) is 14.2 Å². The highest BCUT2D eigenvalue weighted by Crippen LogP contribution is 2.32. The summed E-state index contributed by atoms with van der Waals surface area (Å²) in [5.74, 6) is -3.54. The maximum Gasteiger partial charge on any atom is 0.337 e. The quantitative estimate of drug-likeness (QED) is 0.783. The fraction of sp³-hybridized carbons (Fsp3) is 0.333. The van der Waals surface area contributed by atoms with Crippen molar-refractivity contribution >= 4 is 11.8 Å². The summed E-state index contributed by atoms with van der Waals surface area (Å²) in [5.41, 5.74) is 1.50. The molecule has 122 valence electrons. The molecule has 2 rings (SSSR count). The first kappa shape index (κ1) is 17.1. The van der Waals surface area contributed by atoms with Gasteiger partial charge in [0.1, 0.15) is 5.57 Å². The third kappa shape index (κ3) is 3.41. The molecule has 0 spiro atoms. The molecule has 0 aliphatic heterocycles. The molecule has 1 aliphatic carbocycles. The van der Waals surface area contributed by atoms with E-state index in [1.165, 1.54) is 25.9 Å². The highest BCUT2D eigenvalue weighted by atomic mass is 16.7. The number of allylic oxidation sites excluding steroid dienone is 2. The van der Waals surface area contributed by atoms with Crippen LogP contribution >= 0.6 is 0 Å². The van der Waals surface area contributed by atoms with Gasteiger partial charge in [0.05, 0.1) is 0 Å². The Balaban J connectivity index is 2.13. The lowest BCUT2D eigenvalue weighted by Crippen LogP contribution is -2.49. The van der Waals surface area contributed by atoms with Crippen molar-refractivity contribution in [3.8, 4) is 0 Å². The van der Waals surface area contributed by atoms with Gasteiger partial charge in [-0.2, -0.15) is 0 Å². The van der Waals surface area contributed by atoms with E-state index in [0.29, 0.717) is 12.0 Å². The van der Waals surface area contributed by atoms with E-state index in [4.69, 9.17) is 9.47 Å². The van der Waals surface area contributed by atoms with Crippen LogP contribution in [-0.4, -0.2) is 36.9 Å². The lowest BCUT2D eigenvalue weighted by Gasteiger charge is -2.32. The molecule has 0 unspecified atom stereocenters. The van der Waals surface area contributed by atoms with Gasteiger partial charge in [0.25, 0.3) is 5.79 Å². The molecule has 0 heterocycles. The van der Waals surface area contributed by atoms with Crippen LogP contribution in [0.2, 0.25) is 0 Å². The van der Waals surface area contributed by atoms with Gasteiger partial charge in [0.2, 0.25) is 5.78 Å². The molecule has 1 N–H and O–H groups in total.